The van der Waals surface area contributed by atoms with Gasteiger partial charge in [0.25, 0.3) is 0 Å². The lowest BCUT2D eigenvalue weighted by Gasteiger charge is -2.40. The van der Waals surface area contributed by atoms with Crippen LogP contribution in [0, 0.1) is 5.41 Å². The molecule has 1 aliphatic heterocycles. The van der Waals surface area contributed by atoms with Gasteiger partial charge in [0.15, 0.2) is 0 Å². The molecule has 0 aromatic heterocycles. The number of piperazine rings is 1. The van der Waals surface area contributed by atoms with Crippen LogP contribution in [0.2, 0.25) is 0 Å². The molecule has 5 rings (SSSR count). The molecule has 2 saturated carbocycles. The third-order valence-corrected chi connectivity index (χ3v) is 8.03. The Hall–Kier alpha value is -2.48. The summed E-state index contributed by atoms with van der Waals surface area (Å²) in [5.41, 5.74) is 8.21. The Bertz CT molecular complexity index is 935. The first-order valence-electron chi connectivity index (χ1n) is 12.1. The molecule has 0 atom stereocenters. The zero-order chi connectivity index (χ0) is 21.4. The Kier molecular flexibility index (Phi) is 5.42. The number of allylic oxidation sites excluding steroid dienone is 1. The van der Waals surface area contributed by atoms with E-state index >= 15 is 0 Å². The molecule has 1 saturated heterocycles. The summed E-state index contributed by atoms with van der Waals surface area (Å²) in [6.45, 7) is 15.3. The lowest BCUT2D eigenvalue weighted by molar-refractivity contribution is 0.196. The van der Waals surface area contributed by atoms with Gasteiger partial charge in [-0.15, -0.1) is 0 Å². The summed E-state index contributed by atoms with van der Waals surface area (Å²) >= 11 is 0. The van der Waals surface area contributed by atoms with Crippen molar-refractivity contribution in [3.8, 4) is 11.1 Å². The first kappa shape index (κ1) is 20.4. The van der Waals surface area contributed by atoms with E-state index in [1.807, 2.05) is 0 Å². The van der Waals surface area contributed by atoms with Gasteiger partial charge in [0.1, 0.15) is 0 Å². The highest BCUT2D eigenvalue weighted by Crippen LogP contribution is 2.51. The number of benzene rings is 2. The van der Waals surface area contributed by atoms with Gasteiger partial charge in [0.05, 0.1) is 0 Å². The van der Waals surface area contributed by atoms with Crippen LogP contribution in [0.5, 0.6) is 0 Å². The van der Waals surface area contributed by atoms with Crippen LogP contribution in [-0.4, -0.2) is 36.0 Å². The van der Waals surface area contributed by atoms with Gasteiger partial charge < -0.3 is 9.80 Å². The molecule has 1 heterocycles. The second-order valence-electron chi connectivity index (χ2n) is 10.1. The standard InChI is InChI=1S/C29H36N2/c1-22(30-18-20-31(21-19-30)23(2)29(3)16-17-29)24-8-10-27(11-9-24)28-14-12-26(13-15-28)25-6-4-5-7-25/h8-15,25H,1-2,4-7,16-21H2,3H3. The predicted molar refractivity (Wildman–Crippen MR) is 132 cm³/mol. The normalized spacial score (nSPS) is 20.7. The molecule has 31 heavy (non-hydrogen) atoms. The van der Waals surface area contributed by atoms with Gasteiger partial charge in [0, 0.05) is 43.0 Å². The molecule has 2 heteroatoms. The zero-order valence-electron chi connectivity index (χ0n) is 19.1. The van der Waals surface area contributed by atoms with Gasteiger partial charge in [-0.2, -0.15) is 0 Å². The first-order valence-corrected chi connectivity index (χ1v) is 12.1. The molecule has 0 N–H and O–H groups in total. The van der Waals surface area contributed by atoms with Crippen molar-refractivity contribution in [3.05, 3.63) is 78.5 Å². The van der Waals surface area contributed by atoms with Gasteiger partial charge in [0.2, 0.25) is 0 Å². The Labute approximate surface area is 188 Å². The summed E-state index contributed by atoms with van der Waals surface area (Å²) in [5.74, 6) is 0.782. The molecule has 162 valence electrons. The third-order valence-electron chi connectivity index (χ3n) is 8.03. The fourth-order valence-corrected chi connectivity index (χ4v) is 5.35. The molecule has 2 aliphatic carbocycles. The zero-order valence-corrected chi connectivity index (χ0v) is 19.1. The average molecular weight is 413 g/mol. The number of nitrogens with zero attached hydrogens (tertiary/aromatic N) is 2. The Balaban J connectivity index is 1.20. The number of rotatable bonds is 6. The van der Waals surface area contributed by atoms with E-state index in [0.29, 0.717) is 5.41 Å². The number of hydrogen-bond donors (Lipinski definition) is 0. The quantitative estimate of drug-likeness (QED) is 0.508. The maximum absolute atomic E-state index is 4.42. The van der Waals surface area contributed by atoms with Crippen molar-refractivity contribution in [2.24, 2.45) is 5.41 Å². The van der Waals surface area contributed by atoms with Crippen LogP contribution in [0.15, 0.2) is 67.4 Å². The Morgan fingerprint density at radius 3 is 1.84 bits per heavy atom. The molecule has 0 unspecified atom stereocenters. The molecule has 0 amide bonds. The molecular formula is C29H36N2. The monoisotopic (exact) mass is 412 g/mol. The molecule has 0 radical (unpaired) electrons. The van der Waals surface area contributed by atoms with Gasteiger partial charge in [-0.05, 0) is 53.9 Å². The summed E-state index contributed by atoms with van der Waals surface area (Å²) < 4.78 is 0. The molecule has 2 aromatic carbocycles. The van der Waals surface area contributed by atoms with Crippen LogP contribution in [0.25, 0.3) is 16.8 Å². The molecule has 2 aromatic rings. The van der Waals surface area contributed by atoms with Crippen LogP contribution in [0.4, 0.5) is 0 Å². The minimum absolute atomic E-state index is 0.379. The minimum Gasteiger partial charge on any atom is -0.371 e. The fourth-order valence-electron chi connectivity index (χ4n) is 5.35. The summed E-state index contributed by atoms with van der Waals surface area (Å²) in [5, 5.41) is 0. The smallest absolute Gasteiger partial charge is 0.0368 e. The maximum atomic E-state index is 4.42. The third kappa shape index (κ3) is 4.18. The van der Waals surface area contributed by atoms with Crippen molar-refractivity contribution in [1.82, 2.24) is 9.80 Å². The largest absolute Gasteiger partial charge is 0.371 e. The molecule has 0 spiro atoms. The van der Waals surface area contributed by atoms with E-state index in [9.17, 15) is 0 Å². The van der Waals surface area contributed by atoms with E-state index < -0.39 is 0 Å². The summed E-state index contributed by atoms with van der Waals surface area (Å²) in [6.07, 6.45) is 8.10. The summed E-state index contributed by atoms with van der Waals surface area (Å²) in [4.78, 5) is 4.93. The Morgan fingerprint density at radius 1 is 0.774 bits per heavy atom. The highest BCUT2D eigenvalue weighted by molar-refractivity contribution is 5.69. The summed E-state index contributed by atoms with van der Waals surface area (Å²) in [6, 6.07) is 18.2. The second kappa shape index (κ2) is 8.22. The van der Waals surface area contributed by atoms with Gasteiger partial charge >= 0.3 is 0 Å². The molecule has 3 aliphatic rings. The van der Waals surface area contributed by atoms with E-state index in [4.69, 9.17) is 0 Å². The van der Waals surface area contributed by atoms with Crippen LogP contribution in [0.1, 0.15) is 62.5 Å². The highest BCUT2D eigenvalue weighted by atomic mass is 15.3. The van der Waals surface area contributed by atoms with Crippen LogP contribution in [-0.2, 0) is 0 Å². The lowest BCUT2D eigenvalue weighted by Crippen LogP contribution is -2.45. The molecule has 2 nitrogen and oxygen atoms in total. The van der Waals surface area contributed by atoms with E-state index in [-0.39, 0.29) is 0 Å². The molecule has 3 fully saturated rings. The SMILES string of the molecule is C=C(c1ccc(-c2ccc(C3CCCC3)cc2)cc1)N1CCN(C(=C)C2(C)CC2)CC1. The van der Waals surface area contributed by atoms with E-state index in [2.05, 4.69) is 78.4 Å². The van der Waals surface area contributed by atoms with Crippen molar-refractivity contribution in [1.29, 1.82) is 0 Å². The summed E-state index contributed by atoms with van der Waals surface area (Å²) in [7, 11) is 0. The average Bonchev–Trinajstić information content (AvgIpc) is 3.34. The van der Waals surface area contributed by atoms with Crippen LogP contribution in [0.3, 0.4) is 0 Å². The second-order valence-corrected chi connectivity index (χ2v) is 10.1. The minimum atomic E-state index is 0.379. The maximum Gasteiger partial charge on any atom is 0.0368 e. The van der Waals surface area contributed by atoms with Crippen molar-refractivity contribution in [3.63, 3.8) is 0 Å². The van der Waals surface area contributed by atoms with Crippen molar-refractivity contribution in [2.45, 2.75) is 51.4 Å². The van der Waals surface area contributed by atoms with Crippen molar-refractivity contribution < 1.29 is 0 Å². The molecule has 0 bridgehead atoms. The lowest BCUT2D eigenvalue weighted by atomic mass is 9.95. The predicted octanol–water partition coefficient (Wildman–Crippen LogP) is 6.91. The topological polar surface area (TPSA) is 6.48 Å². The van der Waals surface area contributed by atoms with E-state index in [1.165, 1.54) is 66.5 Å². The first-order chi connectivity index (χ1) is 15.0. The Morgan fingerprint density at radius 2 is 1.29 bits per heavy atom. The van der Waals surface area contributed by atoms with Gasteiger partial charge in [-0.1, -0.05) is 81.5 Å². The van der Waals surface area contributed by atoms with Crippen LogP contribution < -0.4 is 0 Å². The number of hydrogen-bond acceptors (Lipinski definition) is 2. The van der Waals surface area contributed by atoms with Crippen molar-refractivity contribution in [2.75, 3.05) is 26.2 Å². The van der Waals surface area contributed by atoms with Gasteiger partial charge in [-0.25, -0.2) is 0 Å². The van der Waals surface area contributed by atoms with Crippen molar-refractivity contribution >= 4 is 5.70 Å². The van der Waals surface area contributed by atoms with Gasteiger partial charge in [-0.3, -0.25) is 0 Å². The highest BCUT2D eigenvalue weighted by Gasteiger charge is 2.42. The van der Waals surface area contributed by atoms with Crippen LogP contribution >= 0.6 is 0 Å². The molecular weight excluding hydrogens is 376 g/mol. The fraction of sp³-hybridized carbons (Fsp3) is 0.448. The van der Waals surface area contributed by atoms with E-state index in [0.717, 1.165) is 37.8 Å². The van der Waals surface area contributed by atoms with E-state index in [1.54, 1.807) is 0 Å².